The van der Waals surface area contributed by atoms with Gasteiger partial charge in [-0.3, -0.25) is 9.39 Å². The van der Waals surface area contributed by atoms with Crippen LogP contribution in [0.15, 0.2) is 59.7 Å². The average molecular weight is 350 g/mol. The lowest BCUT2D eigenvalue weighted by molar-refractivity contribution is 0.359. The van der Waals surface area contributed by atoms with Crippen LogP contribution < -0.4 is 10.6 Å². The number of hydrogen-bond donors (Lipinski definition) is 2. The second-order valence-corrected chi connectivity index (χ2v) is 7.15. The minimum absolute atomic E-state index is 0.112. The molecule has 6 heteroatoms. The molecule has 0 aliphatic carbocycles. The summed E-state index contributed by atoms with van der Waals surface area (Å²) in [7, 11) is 1.78. The van der Waals surface area contributed by atoms with E-state index in [-0.39, 0.29) is 5.41 Å². The lowest BCUT2D eigenvalue weighted by Crippen LogP contribution is -2.42. The SMILES string of the molecule is CN=C(NCc1nnc2ccccn12)NCC(C)(C)Cc1ccccc1. The molecule has 0 saturated carbocycles. The summed E-state index contributed by atoms with van der Waals surface area (Å²) in [5.41, 5.74) is 2.30. The maximum Gasteiger partial charge on any atom is 0.191 e. The van der Waals surface area contributed by atoms with E-state index in [1.807, 2.05) is 28.8 Å². The van der Waals surface area contributed by atoms with Gasteiger partial charge in [0.05, 0.1) is 6.54 Å². The summed E-state index contributed by atoms with van der Waals surface area (Å²) >= 11 is 0. The van der Waals surface area contributed by atoms with Crippen LogP contribution in [0.3, 0.4) is 0 Å². The molecular weight excluding hydrogens is 324 g/mol. The zero-order valence-electron chi connectivity index (χ0n) is 15.6. The van der Waals surface area contributed by atoms with Crippen molar-refractivity contribution in [3.63, 3.8) is 0 Å². The van der Waals surface area contributed by atoms with Crippen molar-refractivity contribution in [3.05, 3.63) is 66.1 Å². The number of nitrogens with zero attached hydrogens (tertiary/aromatic N) is 4. The van der Waals surface area contributed by atoms with E-state index in [4.69, 9.17) is 0 Å². The number of hydrogen-bond acceptors (Lipinski definition) is 3. The number of aromatic nitrogens is 3. The molecule has 0 atom stereocenters. The maximum absolute atomic E-state index is 4.31. The van der Waals surface area contributed by atoms with Crippen molar-refractivity contribution < 1.29 is 0 Å². The fourth-order valence-electron chi connectivity index (χ4n) is 2.93. The van der Waals surface area contributed by atoms with E-state index in [1.54, 1.807) is 7.05 Å². The Morgan fingerprint density at radius 1 is 1.04 bits per heavy atom. The van der Waals surface area contributed by atoms with Gasteiger partial charge in [-0.25, -0.2) is 0 Å². The van der Waals surface area contributed by atoms with Gasteiger partial charge in [0.25, 0.3) is 0 Å². The molecule has 1 aromatic carbocycles. The Morgan fingerprint density at radius 2 is 1.81 bits per heavy atom. The summed E-state index contributed by atoms with van der Waals surface area (Å²) in [5, 5.41) is 15.1. The summed E-state index contributed by atoms with van der Waals surface area (Å²) in [4.78, 5) is 4.31. The molecule has 136 valence electrons. The molecule has 0 aliphatic rings. The van der Waals surface area contributed by atoms with Crippen molar-refractivity contribution in [1.29, 1.82) is 0 Å². The molecule has 3 rings (SSSR count). The molecule has 0 spiro atoms. The quantitative estimate of drug-likeness (QED) is 0.530. The number of fused-ring (bicyclic) bond motifs is 1. The molecule has 0 radical (unpaired) electrons. The molecule has 2 heterocycles. The van der Waals surface area contributed by atoms with E-state index < -0.39 is 0 Å². The Hall–Kier alpha value is -2.89. The third-order valence-corrected chi connectivity index (χ3v) is 4.28. The van der Waals surface area contributed by atoms with Crippen LogP contribution in [0.4, 0.5) is 0 Å². The van der Waals surface area contributed by atoms with Crippen molar-refractivity contribution in [2.45, 2.75) is 26.8 Å². The summed E-state index contributed by atoms with van der Waals surface area (Å²) < 4.78 is 1.97. The molecule has 0 amide bonds. The van der Waals surface area contributed by atoms with E-state index >= 15 is 0 Å². The number of benzene rings is 1. The standard InChI is InChI=1S/C20H26N6/c1-20(2,13-16-9-5-4-6-10-16)15-23-19(21-3)22-14-18-25-24-17-11-7-8-12-26(17)18/h4-12H,13-15H2,1-3H3,(H2,21,22,23). The Morgan fingerprint density at radius 3 is 2.58 bits per heavy atom. The molecule has 0 fully saturated rings. The normalized spacial score (nSPS) is 12.3. The molecule has 3 aromatic rings. The third kappa shape index (κ3) is 4.59. The predicted molar refractivity (Wildman–Crippen MR) is 105 cm³/mol. The first-order valence-corrected chi connectivity index (χ1v) is 8.84. The van der Waals surface area contributed by atoms with E-state index in [0.717, 1.165) is 30.4 Å². The van der Waals surface area contributed by atoms with Gasteiger partial charge < -0.3 is 10.6 Å². The van der Waals surface area contributed by atoms with Gasteiger partial charge in [-0.15, -0.1) is 10.2 Å². The van der Waals surface area contributed by atoms with Crippen LogP contribution in [-0.2, 0) is 13.0 Å². The molecule has 0 bridgehead atoms. The Labute approximate surface area is 154 Å². The highest BCUT2D eigenvalue weighted by atomic mass is 15.3. The largest absolute Gasteiger partial charge is 0.356 e. The van der Waals surface area contributed by atoms with Crippen LogP contribution >= 0.6 is 0 Å². The Bertz CT molecular complexity index is 866. The predicted octanol–water partition coefficient (Wildman–Crippen LogP) is 2.66. The molecule has 2 aromatic heterocycles. The molecule has 0 unspecified atom stereocenters. The average Bonchev–Trinajstić information content (AvgIpc) is 3.05. The zero-order valence-corrected chi connectivity index (χ0v) is 15.6. The van der Waals surface area contributed by atoms with Crippen molar-refractivity contribution in [2.75, 3.05) is 13.6 Å². The highest BCUT2D eigenvalue weighted by molar-refractivity contribution is 5.79. The highest BCUT2D eigenvalue weighted by Gasteiger charge is 2.19. The maximum atomic E-state index is 4.31. The summed E-state index contributed by atoms with van der Waals surface area (Å²) in [6, 6.07) is 16.4. The van der Waals surface area contributed by atoms with E-state index in [9.17, 15) is 0 Å². The van der Waals surface area contributed by atoms with Crippen LogP contribution in [0.25, 0.3) is 5.65 Å². The van der Waals surface area contributed by atoms with Gasteiger partial charge in [0.1, 0.15) is 0 Å². The molecule has 0 aliphatic heterocycles. The Balaban J connectivity index is 1.54. The number of nitrogens with one attached hydrogen (secondary N) is 2. The summed E-state index contributed by atoms with van der Waals surface area (Å²) in [6.45, 7) is 5.89. The second kappa shape index (κ2) is 7.99. The van der Waals surface area contributed by atoms with Crippen molar-refractivity contribution in [1.82, 2.24) is 25.2 Å². The van der Waals surface area contributed by atoms with Gasteiger partial charge in [0.15, 0.2) is 17.4 Å². The van der Waals surface area contributed by atoms with Crippen molar-refractivity contribution in [2.24, 2.45) is 10.4 Å². The first kappa shape index (κ1) is 17.9. The number of rotatable bonds is 6. The monoisotopic (exact) mass is 350 g/mol. The zero-order chi connectivity index (χ0) is 18.4. The van der Waals surface area contributed by atoms with E-state index in [0.29, 0.717) is 6.54 Å². The molecule has 6 nitrogen and oxygen atoms in total. The van der Waals surface area contributed by atoms with Gasteiger partial charge in [-0.1, -0.05) is 50.2 Å². The van der Waals surface area contributed by atoms with E-state index in [2.05, 4.69) is 70.0 Å². The molecule has 26 heavy (non-hydrogen) atoms. The van der Waals surface area contributed by atoms with Crippen LogP contribution in [0.5, 0.6) is 0 Å². The number of guanidine groups is 1. The lowest BCUT2D eigenvalue weighted by atomic mass is 9.86. The van der Waals surface area contributed by atoms with E-state index in [1.165, 1.54) is 5.56 Å². The minimum atomic E-state index is 0.112. The van der Waals surface area contributed by atoms with Crippen LogP contribution in [0, 0.1) is 5.41 Å². The van der Waals surface area contributed by atoms with Gasteiger partial charge in [-0.05, 0) is 29.5 Å². The Kier molecular flexibility index (Phi) is 5.51. The second-order valence-electron chi connectivity index (χ2n) is 7.15. The molecule has 2 N–H and O–H groups in total. The summed E-state index contributed by atoms with van der Waals surface area (Å²) in [5.74, 6) is 1.62. The third-order valence-electron chi connectivity index (χ3n) is 4.28. The van der Waals surface area contributed by atoms with Crippen LogP contribution in [-0.4, -0.2) is 34.2 Å². The topological polar surface area (TPSA) is 66.6 Å². The van der Waals surface area contributed by atoms with Gasteiger partial charge >= 0.3 is 0 Å². The number of aliphatic imine (C=N–C) groups is 1. The van der Waals surface area contributed by atoms with Crippen molar-refractivity contribution in [3.8, 4) is 0 Å². The van der Waals surface area contributed by atoms with Gasteiger partial charge in [0, 0.05) is 19.8 Å². The summed E-state index contributed by atoms with van der Waals surface area (Å²) in [6.07, 6.45) is 2.97. The first-order chi connectivity index (χ1) is 12.6. The molecular formula is C20H26N6. The van der Waals surface area contributed by atoms with Crippen LogP contribution in [0.1, 0.15) is 25.2 Å². The van der Waals surface area contributed by atoms with Gasteiger partial charge in [-0.2, -0.15) is 0 Å². The fourth-order valence-corrected chi connectivity index (χ4v) is 2.93. The van der Waals surface area contributed by atoms with Gasteiger partial charge in [0.2, 0.25) is 0 Å². The smallest absolute Gasteiger partial charge is 0.191 e. The minimum Gasteiger partial charge on any atom is -0.356 e. The fraction of sp³-hybridized carbons (Fsp3) is 0.350. The lowest BCUT2D eigenvalue weighted by Gasteiger charge is -2.26. The highest BCUT2D eigenvalue weighted by Crippen LogP contribution is 2.20. The first-order valence-electron chi connectivity index (χ1n) is 8.84. The number of pyridine rings is 1. The molecule has 0 saturated heterocycles. The van der Waals surface area contributed by atoms with Crippen LogP contribution in [0.2, 0.25) is 0 Å². The van der Waals surface area contributed by atoms with Crippen molar-refractivity contribution >= 4 is 11.6 Å².